The third kappa shape index (κ3) is 6.25. The van der Waals surface area contributed by atoms with Gasteiger partial charge < -0.3 is 18.3 Å². The molecule has 156 valence electrons. The van der Waals surface area contributed by atoms with Crippen LogP contribution in [0.5, 0.6) is 0 Å². The van der Waals surface area contributed by atoms with E-state index in [0.717, 1.165) is 10.4 Å². The molecule has 0 aromatic heterocycles. The second-order valence-corrected chi connectivity index (χ2v) is 9.63. The molecule has 0 amide bonds. The Morgan fingerprint density at radius 1 is 0.724 bits per heavy atom. The first kappa shape index (κ1) is 22.8. The molecule has 0 fully saturated rings. The highest BCUT2D eigenvalue weighted by Gasteiger charge is 2.46. The van der Waals surface area contributed by atoms with Gasteiger partial charge in [-0.2, -0.15) is 0 Å². The summed E-state index contributed by atoms with van der Waals surface area (Å²) in [6.45, 7) is 3.64. The van der Waals surface area contributed by atoms with Crippen molar-refractivity contribution in [2.75, 3.05) is 14.2 Å². The summed E-state index contributed by atoms with van der Waals surface area (Å²) in [5.74, 6) is -0.715. The van der Waals surface area contributed by atoms with Gasteiger partial charge in [0.1, 0.15) is 0 Å². The van der Waals surface area contributed by atoms with Gasteiger partial charge in [-0.05, 0) is 24.2 Å². The van der Waals surface area contributed by atoms with Crippen molar-refractivity contribution in [3.8, 4) is 0 Å². The van der Waals surface area contributed by atoms with Crippen LogP contribution >= 0.6 is 0 Å². The Hall–Kier alpha value is -2.48. The van der Waals surface area contributed by atoms with Crippen LogP contribution in [0.4, 0.5) is 0 Å². The van der Waals surface area contributed by atoms with Crippen molar-refractivity contribution < 1.29 is 27.9 Å². The van der Waals surface area contributed by atoms with Gasteiger partial charge in [0, 0.05) is 0 Å². The van der Waals surface area contributed by atoms with Gasteiger partial charge in [0.15, 0.2) is 0 Å². The lowest BCUT2D eigenvalue weighted by atomic mass is 10.3. The second-order valence-electron chi connectivity index (χ2n) is 6.77. The van der Waals surface area contributed by atoms with E-state index in [1.54, 1.807) is 0 Å². The quantitative estimate of drug-likeness (QED) is 0.437. The van der Waals surface area contributed by atoms with Gasteiger partial charge in [0.2, 0.25) is 0 Å². The van der Waals surface area contributed by atoms with Crippen LogP contribution in [0, 0.1) is 0 Å². The van der Waals surface area contributed by atoms with Gasteiger partial charge >= 0.3 is 20.5 Å². The van der Waals surface area contributed by atoms with E-state index in [1.165, 1.54) is 14.2 Å². The molecule has 0 spiro atoms. The van der Waals surface area contributed by atoms with Crippen molar-refractivity contribution in [2.24, 2.45) is 0 Å². The predicted molar refractivity (Wildman–Crippen MR) is 112 cm³/mol. The molecule has 0 saturated carbocycles. The average molecular weight is 417 g/mol. The van der Waals surface area contributed by atoms with Gasteiger partial charge in [-0.1, -0.05) is 60.7 Å². The van der Waals surface area contributed by atoms with Crippen LogP contribution in [0.2, 0.25) is 0 Å². The molecule has 2 rings (SSSR count). The van der Waals surface area contributed by atoms with Crippen molar-refractivity contribution in [3.05, 3.63) is 60.7 Å². The van der Waals surface area contributed by atoms with E-state index in [1.807, 2.05) is 74.5 Å². The first-order valence-corrected chi connectivity index (χ1v) is 11.3. The Labute approximate surface area is 173 Å². The van der Waals surface area contributed by atoms with E-state index in [2.05, 4.69) is 0 Å². The fourth-order valence-corrected chi connectivity index (χ4v) is 6.56. The maximum atomic E-state index is 11.8. The van der Waals surface area contributed by atoms with E-state index in [-0.39, 0.29) is 24.8 Å². The fourth-order valence-electron chi connectivity index (χ4n) is 3.07. The number of benzene rings is 2. The number of methoxy groups -OCH3 is 2. The largest absolute Gasteiger partial charge is 0.469 e. The molecule has 0 aliphatic carbocycles. The molecule has 0 N–H and O–H groups in total. The van der Waals surface area contributed by atoms with E-state index in [9.17, 15) is 9.59 Å². The topological polar surface area (TPSA) is 71.1 Å². The Kier molecular flexibility index (Phi) is 8.57. The molecule has 2 aromatic rings. The highest BCUT2D eigenvalue weighted by Crippen LogP contribution is 2.18. The van der Waals surface area contributed by atoms with Gasteiger partial charge in [-0.3, -0.25) is 9.59 Å². The summed E-state index contributed by atoms with van der Waals surface area (Å²) < 4.78 is 22.6. The van der Waals surface area contributed by atoms with E-state index in [4.69, 9.17) is 18.3 Å². The Bertz CT molecular complexity index is 713. The van der Waals surface area contributed by atoms with Gasteiger partial charge in [-0.15, -0.1) is 0 Å². The number of hydrogen-bond acceptors (Lipinski definition) is 6. The van der Waals surface area contributed by atoms with Crippen molar-refractivity contribution in [3.63, 3.8) is 0 Å². The van der Waals surface area contributed by atoms with Crippen LogP contribution in [0.1, 0.15) is 26.7 Å². The van der Waals surface area contributed by atoms with Crippen LogP contribution in [0.15, 0.2) is 60.7 Å². The number of ether oxygens (including phenoxy) is 2. The van der Waals surface area contributed by atoms with E-state index >= 15 is 0 Å². The lowest BCUT2D eigenvalue weighted by Gasteiger charge is -2.36. The van der Waals surface area contributed by atoms with Crippen molar-refractivity contribution in [1.82, 2.24) is 0 Å². The number of carbonyl (C=O) groups excluding carboxylic acids is 2. The molecular weight excluding hydrogens is 388 g/mol. The van der Waals surface area contributed by atoms with Gasteiger partial charge in [0.25, 0.3) is 0 Å². The lowest BCUT2D eigenvalue weighted by molar-refractivity contribution is -0.142. The van der Waals surface area contributed by atoms with Crippen LogP contribution in [-0.2, 0) is 27.9 Å². The molecule has 0 aliphatic rings. The number of hydrogen-bond donors (Lipinski definition) is 0. The van der Waals surface area contributed by atoms with Crippen molar-refractivity contribution >= 4 is 30.9 Å². The zero-order chi connectivity index (χ0) is 21.3. The maximum Gasteiger partial charge on any atom is 0.407 e. The van der Waals surface area contributed by atoms with E-state index in [0.29, 0.717) is 0 Å². The average Bonchev–Trinajstić information content (AvgIpc) is 2.74. The molecule has 0 saturated heterocycles. The molecule has 2 aromatic carbocycles. The van der Waals surface area contributed by atoms with Crippen LogP contribution < -0.4 is 10.4 Å². The van der Waals surface area contributed by atoms with Crippen LogP contribution in [0.3, 0.4) is 0 Å². The molecular formula is C22H28O6Si. The molecule has 2 atom stereocenters. The molecule has 29 heavy (non-hydrogen) atoms. The monoisotopic (exact) mass is 416 g/mol. The second kappa shape index (κ2) is 10.9. The van der Waals surface area contributed by atoms with Crippen LogP contribution in [0.25, 0.3) is 0 Å². The number of rotatable bonds is 10. The van der Waals surface area contributed by atoms with Crippen molar-refractivity contribution in [2.45, 2.75) is 38.9 Å². The summed E-state index contributed by atoms with van der Waals surface area (Å²) in [5.41, 5.74) is 0. The highest BCUT2D eigenvalue weighted by molar-refractivity contribution is 6.92. The summed E-state index contributed by atoms with van der Waals surface area (Å²) in [7, 11) is -0.548. The maximum absolute atomic E-state index is 11.8. The molecule has 0 bridgehead atoms. The third-order valence-corrected chi connectivity index (χ3v) is 8.06. The molecule has 0 radical (unpaired) electrons. The Morgan fingerprint density at radius 3 is 1.38 bits per heavy atom. The number of esters is 2. The molecule has 6 nitrogen and oxygen atoms in total. The standard InChI is InChI=1S/C22H28O6Si/c1-17(15-21(23)25-3)27-29(19-11-7-5-8-12-19,20-13-9-6-10-14-20)28-18(2)16-22(24)26-4/h5-14,17-18H,15-16H2,1-4H3/t17-,18-/m1/s1. The summed E-state index contributed by atoms with van der Waals surface area (Å²) in [4.78, 5) is 23.6. The first-order chi connectivity index (χ1) is 13.9. The molecule has 0 heterocycles. The smallest absolute Gasteiger partial charge is 0.407 e. The minimum absolute atomic E-state index is 0.0969. The lowest BCUT2D eigenvalue weighted by Crippen LogP contribution is -2.65. The molecule has 7 heteroatoms. The summed E-state index contributed by atoms with van der Waals surface area (Å²) >= 11 is 0. The SMILES string of the molecule is COC(=O)C[C@@H](C)O[Si](O[C@H](C)CC(=O)OC)(c1ccccc1)c1ccccc1. The normalized spacial score (nSPS) is 13.4. The summed E-state index contributed by atoms with van der Waals surface area (Å²) in [6.07, 6.45) is -0.695. The van der Waals surface area contributed by atoms with Gasteiger partial charge in [0.05, 0.1) is 39.3 Å². The zero-order valence-electron chi connectivity index (χ0n) is 17.3. The first-order valence-electron chi connectivity index (χ1n) is 9.51. The summed E-state index contributed by atoms with van der Waals surface area (Å²) in [6, 6.07) is 19.3. The predicted octanol–water partition coefficient (Wildman–Crippen LogP) is 2.18. The van der Waals surface area contributed by atoms with E-state index < -0.39 is 20.8 Å². The minimum atomic E-state index is -3.25. The van der Waals surface area contributed by atoms with Crippen molar-refractivity contribution in [1.29, 1.82) is 0 Å². The highest BCUT2D eigenvalue weighted by atomic mass is 28.4. The molecule has 0 unspecified atom stereocenters. The number of carbonyl (C=O) groups is 2. The zero-order valence-corrected chi connectivity index (χ0v) is 18.3. The minimum Gasteiger partial charge on any atom is -0.469 e. The Morgan fingerprint density at radius 2 is 1.07 bits per heavy atom. The van der Waals surface area contributed by atoms with Crippen LogP contribution in [-0.4, -0.2) is 46.9 Å². The fraction of sp³-hybridized carbons (Fsp3) is 0.364. The third-order valence-electron chi connectivity index (χ3n) is 4.41. The summed E-state index contributed by atoms with van der Waals surface area (Å²) in [5, 5.41) is 1.78. The Balaban J connectivity index is 2.49. The molecule has 0 aliphatic heterocycles. The van der Waals surface area contributed by atoms with Gasteiger partial charge in [-0.25, -0.2) is 0 Å².